The second-order valence-electron chi connectivity index (χ2n) is 4.34. The van der Waals surface area contributed by atoms with Crippen molar-refractivity contribution in [3.05, 3.63) is 36.5 Å². The molecule has 3 nitrogen and oxygen atoms in total. The van der Waals surface area contributed by atoms with Gasteiger partial charge in [0.2, 0.25) is 5.95 Å². The SMILES string of the molecule is FC(F)C1CCNc2nc(-c3ccccc3)cn21. The predicted molar refractivity (Wildman–Crippen MR) is 65.8 cm³/mol. The normalized spacial score (nSPS) is 18.5. The number of benzene rings is 1. The number of hydrogen-bond acceptors (Lipinski definition) is 2. The number of anilines is 1. The van der Waals surface area contributed by atoms with E-state index in [0.29, 0.717) is 18.9 Å². The maximum Gasteiger partial charge on any atom is 0.259 e. The molecule has 0 bridgehead atoms. The van der Waals surface area contributed by atoms with Crippen LogP contribution in [0.4, 0.5) is 14.7 Å². The van der Waals surface area contributed by atoms with Gasteiger partial charge in [0.15, 0.2) is 0 Å². The fourth-order valence-corrected chi connectivity index (χ4v) is 2.24. The Kier molecular flexibility index (Phi) is 2.74. The summed E-state index contributed by atoms with van der Waals surface area (Å²) in [5.41, 5.74) is 1.67. The van der Waals surface area contributed by atoms with Crippen LogP contribution in [0.3, 0.4) is 0 Å². The lowest BCUT2D eigenvalue weighted by Crippen LogP contribution is -2.27. The van der Waals surface area contributed by atoms with Gasteiger partial charge in [0.1, 0.15) is 0 Å². The van der Waals surface area contributed by atoms with Crippen LogP contribution in [0.25, 0.3) is 11.3 Å². The van der Waals surface area contributed by atoms with Crippen LogP contribution in [0.5, 0.6) is 0 Å². The summed E-state index contributed by atoms with van der Waals surface area (Å²) < 4.78 is 27.4. The molecule has 0 saturated heterocycles. The molecule has 1 aromatic heterocycles. The van der Waals surface area contributed by atoms with Crippen LogP contribution in [0.1, 0.15) is 12.5 Å². The molecule has 1 unspecified atom stereocenters. The fraction of sp³-hybridized carbons (Fsp3) is 0.308. The average molecular weight is 249 g/mol. The summed E-state index contributed by atoms with van der Waals surface area (Å²) in [5, 5.41) is 3.06. The first kappa shape index (κ1) is 11.2. The van der Waals surface area contributed by atoms with Crippen molar-refractivity contribution >= 4 is 5.95 Å². The number of imidazole rings is 1. The van der Waals surface area contributed by atoms with Gasteiger partial charge in [0.25, 0.3) is 6.43 Å². The van der Waals surface area contributed by atoms with E-state index >= 15 is 0 Å². The van der Waals surface area contributed by atoms with Crippen LogP contribution >= 0.6 is 0 Å². The van der Waals surface area contributed by atoms with Crippen molar-refractivity contribution in [2.75, 3.05) is 11.9 Å². The van der Waals surface area contributed by atoms with E-state index in [1.807, 2.05) is 30.3 Å². The second kappa shape index (κ2) is 4.40. The summed E-state index contributed by atoms with van der Waals surface area (Å²) in [4.78, 5) is 4.37. The van der Waals surface area contributed by atoms with E-state index in [-0.39, 0.29) is 0 Å². The number of aromatic nitrogens is 2. The zero-order valence-corrected chi connectivity index (χ0v) is 9.68. The van der Waals surface area contributed by atoms with Crippen LogP contribution in [-0.2, 0) is 0 Å². The molecule has 1 aromatic carbocycles. The van der Waals surface area contributed by atoms with Crippen molar-refractivity contribution in [2.24, 2.45) is 0 Å². The van der Waals surface area contributed by atoms with Gasteiger partial charge in [-0.1, -0.05) is 30.3 Å². The number of hydrogen-bond donors (Lipinski definition) is 1. The lowest BCUT2D eigenvalue weighted by atomic mass is 10.1. The molecule has 0 saturated carbocycles. The fourth-order valence-electron chi connectivity index (χ4n) is 2.24. The van der Waals surface area contributed by atoms with Crippen LogP contribution in [0.15, 0.2) is 36.5 Å². The van der Waals surface area contributed by atoms with E-state index in [9.17, 15) is 8.78 Å². The number of nitrogens with zero attached hydrogens (tertiary/aromatic N) is 2. The number of halogens is 2. The molecule has 94 valence electrons. The Bertz CT molecular complexity index is 536. The summed E-state index contributed by atoms with van der Waals surface area (Å²) in [6.07, 6.45) is -0.230. The molecule has 1 N–H and O–H groups in total. The third kappa shape index (κ3) is 1.85. The lowest BCUT2D eigenvalue weighted by Gasteiger charge is -2.24. The Hall–Kier alpha value is -1.91. The summed E-state index contributed by atoms with van der Waals surface area (Å²) in [7, 11) is 0. The third-order valence-corrected chi connectivity index (χ3v) is 3.17. The molecule has 18 heavy (non-hydrogen) atoms. The largest absolute Gasteiger partial charge is 0.356 e. The Morgan fingerprint density at radius 1 is 1.28 bits per heavy atom. The average Bonchev–Trinajstić information content (AvgIpc) is 2.83. The first-order chi connectivity index (χ1) is 8.75. The maximum atomic E-state index is 12.9. The molecule has 1 aliphatic heterocycles. The Morgan fingerprint density at radius 3 is 2.78 bits per heavy atom. The standard InChI is InChI=1S/C13H13F2N3/c14-12(15)11-6-7-16-13-17-10(8-18(11)13)9-4-2-1-3-5-9/h1-5,8,11-12H,6-7H2,(H,16,17). The topological polar surface area (TPSA) is 29.9 Å². The Balaban J connectivity index is 2.01. The lowest BCUT2D eigenvalue weighted by molar-refractivity contribution is 0.0778. The zero-order valence-electron chi connectivity index (χ0n) is 9.68. The van der Waals surface area contributed by atoms with Gasteiger partial charge < -0.3 is 9.88 Å². The van der Waals surface area contributed by atoms with Crippen LogP contribution < -0.4 is 5.32 Å². The molecular formula is C13H13F2N3. The highest BCUT2D eigenvalue weighted by atomic mass is 19.3. The van der Waals surface area contributed by atoms with Gasteiger partial charge in [-0.15, -0.1) is 0 Å². The molecule has 3 rings (SSSR count). The van der Waals surface area contributed by atoms with Crippen molar-refractivity contribution < 1.29 is 8.78 Å². The van der Waals surface area contributed by atoms with E-state index in [4.69, 9.17) is 0 Å². The van der Waals surface area contributed by atoms with E-state index in [1.165, 1.54) is 0 Å². The molecule has 2 heterocycles. The number of fused-ring (bicyclic) bond motifs is 1. The summed E-state index contributed by atoms with van der Waals surface area (Å²) >= 11 is 0. The molecule has 0 spiro atoms. The molecule has 1 aliphatic rings. The van der Waals surface area contributed by atoms with E-state index in [1.54, 1.807) is 10.8 Å². The molecule has 0 radical (unpaired) electrons. The van der Waals surface area contributed by atoms with Crippen molar-refractivity contribution in [2.45, 2.75) is 18.9 Å². The van der Waals surface area contributed by atoms with Crippen molar-refractivity contribution in [1.82, 2.24) is 9.55 Å². The van der Waals surface area contributed by atoms with Crippen molar-refractivity contribution in [3.8, 4) is 11.3 Å². The van der Waals surface area contributed by atoms with Gasteiger partial charge in [0, 0.05) is 18.3 Å². The van der Waals surface area contributed by atoms with Gasteiger partial charge in [-0.3, -0.25) is 0 Å². The number of nitrogens with one attached hydrogen (secondary N) is 1. The van der Waals surface area contributed by atoms with Crippen molar-refractivity contribution in [3.63, 3.8) is 0 Å². The molecule has 0 aliphatic carbocycles. The van der Waals surface area contributed by atoms with Crippen LogP contribution in [0.2, 0.25) is 0 Å². The highest BCUT2D eigenvalue weighted by molar-refractivity contribution is 5.60. The summed E-state index contributed by atoms with van der Waals surface area (Å²) in [6.45, 7) is 0.542. The van der Waals surface area contributed by atoms with Gasteiger partial charge in [0.05, 0.1) is 11.7 Å². The first-order valence-corrected chi connectivity index (χ1v) is 5.92. The Labute approximate surface area is 103 Å². The third-order valence-electron chi connectivity index (χ3n) is 3.17. The van der Waals surface area contributed by atoms with Crippen LogP contribution in [0, 0.1) is 0 Å². The minimum Gasteiger partial charge on any atom is -0.356 e. The Morgan fingerprint density at radius 2 is 2.06 bits per heavy atom. The van der Waals surface area contributed by atoms with Gasteiger partial charge in [-0.05, 0) is 6.42 Å². The number of alkyl halides is 2. The minimum absolute atomic E-state index is 0.426. The molecule has 0 amide bonds. The zero-order chi connectivity index (χ0) is 12.5. The van der Waals surface area contributed by atoms with E-state index < -0.39 is 12.5 Å². The highest BCUT2D eigenvalue weighted by Crippen LogP contribution is 2.31. The minimum atomic E-state index is -2.36. The number of rotatable bonds is 2. The van der Waals surface area contributed by atoms with Crippen molar-refractivity contribution in [1.29, 1.82) is 0 Å². The smallest absolute Gasteiger partial charge is 0.259 e. The quantitative estimate of drug-likeness (QED) is 0.886. The molecule has 1 atom stereocenters. The molecule has 2 aromatic rings. The highest BCUT2D eigenvalue weighted by Gasteiger charge is 2.28. The predicted octanol–water partition coefficient (Wildman–Crippen LogP) is 3.17. The summed E-state index contributed by atoms with van der Waals surface area (Å²) in [6, 6.07) is 8.81. The molecule has 5 heteroatoms. The molecular weight excluding hydrogens is 236 g/mol. The molecule has 0 fully saturated rings. The second-order valence-corrected chi connectivity index (χ2v) is 4.34. The first-order valence-electron chi connectivity index (χ1n) is 5.92. The van der Waals surface area contributed by atoms with E-state index in [2.05, 4.69) is 10.3 Å². The summed E-state index contributed by atoms with van der Waals surface area (Å²) in [5.74, 6) is 0.533. The van der Waals surface area contributed by atoms with Crippen LogP contribution in [-0.4, -0.2) is 22.5 Å². The monoisotopic (exact) mass is 249 g/mol. The van der Waals surface area contributed by atoms with Gasteiger partial charge >= 0.3 is 0 Å². The maximum absolute atomic E-state index is 12.9. The van der Waals surface area contributed by atoms with Gasteiger partial charge in [-0.25, -0.2) is 13.8 Å². The van der Waals surface area contributed by atoms with Gasteiger partial charge in [-0.2, -0.15) is 0 Å². The van der Waals surface area contributed by atoms with E-state index in [0.717, 1.165) is 11.3 Å².